The maximum atomic E-state index is 13.9. The van der Waals surface area contributed by atoms with E-state index >= 15 is 0 Å². The van der Waals surface area contributed by atoms with Crippen LogP contribution in [-0.4, -0.2) is 22.4 Å². The van der Waals surface area contributed by atoms with Gasteiger partial charge < -0.3 is 10.3 Å². The Bertz CT molecular complexity index is 795. The van der Waals surface area contributed by atoms with E-state index in [9.17, 15) is 18.4 Å². The molecule has 1 aromatic heterocycles. The normalized spacial score (nSPS) is 15.6. The van der Waals surface area contributed by atoms with Crippen LogP contribution in [-0.2, 0) is 6.42 Å². The highest BCUT2D eigenvalue weighted by Crippen LogP contribution is 2.43. The number of nitrogens with zero attached hydrogens (tertiary/aromatic N) is 1. The minimum absolute atomic E-state index is 0.0567. The van der Waals surface area contributed by atoms with Crippen LogP contribution in [0.1, 0.15) is 35.3 Å². The molecular weight excluding hydrogens is 316 g/mol. The average molecular weight is 333 g/mol. The van der Waals surface area contributed by atoms with E-state index in [1.54, 1.807) is 0 Å². The van der Waals surface area contributed by atoms with Gasteiger partial charge in [-0.3, -0.25) is 14.6 Å². The maximum Gasteiger partial charge on any atom is 0.269 e. The summed E-state index contributed by atoms with van der Waals surface area (Å²) >= 11 is 0. The molecular formula is C17H17F2N3O2. The van der Waals surface area contributed by atoms with Crippen LogP contribution in [0.4, 0.5) is 8.78 Å². The molecule has 0 spiro atoms. The lowest BCUT2D eigenvalue weighted by Crippen LogP contribution is -2.44. The minimum Gasteiger partial charge on any atom is -0.350 e. The second-order valence-corrected chi connectivity index (χ2v) is 6.22. The second-order valence-electron chi connectivity index (χ2n) is 6.22. The third kappa shape index (κ3) is 3.34. The standard InChI is InChI=1S/C17H17F2N3O2/c18-12-3-1-4-13(19)11(12)7-17(5-2-6-17)10-21-16(24)14-8-20-9-15(23)22-14/h1,3-4,8-9H,2,5-7,10H2,(H,21,24)(H,22,23). The monoisotopic (exact) mass is 333 g/mol. The van der Waals surface area contributed by atoms with Gasteiger partial charge in [-0.15, -0.1) is 0 Å². The van der Waals surface area contributed by atoms with Crippen molar-refractivity contribution in [3.05, 3.63) is 63.8 Å². The van der Waals surface area contributed by atoms with Crippen LogP contribution in [0, 0.1) is 17.0 Å². The van der Waals surface area contributed by atoms with Gasteiger partial charge in [0.2, 0.25) is 0 Å². The van der Waals surface area contributed by atoms with Crippen molar-refractivity contribution in [2.75, 3.05) is 6.54 Å². The van der Waals surface area contributed by atoms with Crippen LogP contribution < -0.4 is 10.9 Å². The molecule has 1 aromatic carbocycles. The Morgan fingerprint density at radius 1 is 1.25 bits per heavy atom. The van der Waals surface area contributed by atoms with E-state index in [1.165, 1.54) is 24.4 Å². The molecule has 3 rings (SSSR count). The summed E-state index contributed by atoms with van der Waals surface area (Å²) in [6.07, 6.45) is 5.09. The van der Waals surface area contributed by atoms with Crippen molar-refractivity contribution in [1.82, 2.24) is 15.3 Å². The predicted molar refractivity (Wildman–Crippen MR) is 83.5 cm³/mol. The lowest BCUT2D eigenvalue weighted by atomic mass is 9.65. The van der Waals surface area contributed by atoms with Gasteiger partial charge in [-0.05, 0) is 36.8 Å². The molecule has 5 nitrogen and oxygen atoms in total. The summed E-state index contributed by atoms with van der Waals surface area (Å²) in [7, 11) is 0. The quantitative estimate of drug-likeness (QED) is 0.881. The van der Waals surface area contributed by atoms with Gasteiger partial charge in [0.05, 0.1) is 12.4 Å². The van der Waals surface area contributed by atoms with Crippen molar-refractivity contribution >= 4 is 5.91 Å². The lowest BCUT2D eigenvalue weighted by molar-refractivity contribution is 0.0850. The Morgan fingerprint density at radius 3 is 2.54 bits per heavy atom. The minimum atomic E-state index is -0.566. The summed E-state index contributed by atoms with van der Waals surface area (Å²) in [5, 5.41) is 2.73. The number of amides is 1. The number of carbonyl (C=O) groups excluding carboxylic acids is 1. The highest BCUT2D eigenvalue weighted by Gasteiger charge is 2.38. The number of hydrogen-bond donors (Lipinski definition) is 2. The summed E-state index contributed by atoms with van der Waals surface area (Å²) in [6.45, 7) is 0.288. The third-order valence-electron chi connectivity index (χ3n) is 4.55. The van der Waals surface area contributed by atoms with E-state index in [2.05, 4.69) is 15.3 Å². The molecule has 0 saturated heterocycles. The molecule has 1 aliphatic carbocycles. The number of hydrogen-bond acceptors (Lipinski definition) is 3. The van der Waals surface area contributed by atoms with Crippen LogP contribution in [0.25, 0.3) is 0 Å². The molecule has 1 heterocycles. The number of rotatable bonds is 5. The Hall–Kier alpha value is -2.57. The molecule has 1 saturated carbocycles. The van der Waals surface area contributed by atoms with Gasteiger partial charge in [0.1, 0.15) is 17.3 Å². The summed E-state index contributed by atoms with van der Waals surface area (Å²) in [5.41, 5.74) is -0.703. The molecule has 0 bridgehead atoms. The summed E-state index contributed by atoms with van der Waals surface area (Å²) in [6, 6.07) is 3.82. The smallest absolute Gasteiger partial charge is 0.269 e. The molecule has 0 radical (unpaired) electrons. The first kappa shape index (κ1) is 16.3. The van der Waals surface area contributed by atoms with Crippen LogP contribution in [0.2, 0.25) is 0 Å². The van der Waals surface area contributed by atoms with E-state index in [0.717, 1.165) is 25.5 Å². The number of nitrogens with one attached hydrogen (secondary N) is 2. The van der Waals surface area contributed by atoms with Crippen LogP contribution in [0.5, 0.6) is 0 Å². The summed E-state index contributed by atoms with van der Waals surface area (Å²) < 4.78 is 27.7. The maximum absolute atomic E-state index is 13.9. The van der Waals surface area contributed by atoms with Gasteiger partial charge in [0.15, 0.2) is 0 Å². The van der Waals surface area contributed by atoms with Gasteiger partial charge in [0.25, 0.3) is 11.5 Å². The fraction of sp³-hybridized carbons (Fsp3) is 0.353. The fourth-order valence-corrected chi connectivity index (χ4v) is 3.02. The second kappa shape index (κ2) is 6.51. The lowest BCUT2D eigenvalue weighted by Gasteiger charge is -2.42. The molecule has 1 fully saturated rings. The van der Waals surface area contributed by atoms with Gasteiger partial charge >= 0.3 is 0 Å². The van der Waals surface area contributed by atoms with Gasteiger partial charge in [-0.2, -0.15) is 0 Å². The average Bonchev–Trinajstić information content (AvgIpc) is 2.52. The van der Waals surface area contributed by atoms with Crippen LogP contribution in [0.3, 0.4) is 0 Å². The summed E-state index contributed by atoms with van der Waals surface area (Å²) in [5.74, 6) is -1.59. The SMILES string of the molecule is O=C(NCC1(Cc2c(F)cccc2F)CCC1)c1cncc(=O)[nH]1. The zero-order chi connectivity index (χ0) is 17.2. The molecule has 1 amide bonds. The van der Waals surface area contributed by atoms with Gasteiger partial charge in [0, 0.05) is 12.1 Å². The van der Waals surface area contributed by atoms with Gasteiger partial charge in [-0.1, -0.05) is 12.5 Å². The van der Waals surface area contributed by atoms with Crippen molar-refractivity contribution < 1.29 is 13.6 Å². The van der Waals surface area contributed by atoms with E-state index in [4.69, 9.17) is 0 Å². The highest BCUT2D eigenvalue weighted by molar-refractivity contribution is 5.91. The van der Waals surface area contributed by atoms with Gasteiger partial charge in [-0.25, -0.2) is 8.78 Å². The predicted octanol–water partition coefficient (Wildman–Crippen LogP) is 2.19. The molecule has 7 heteroatoms. The topological polar surface area (TPSA) is 74.8 Å². The van der Waals surface area contributed by atoms with Crippen molar-refractivity contribution in [3.63, 3.8) is 0 Å². The molecule has 126 valence electrons. The fourth-order valence-electron chi connectivity index (χ4n) is 3.02. The first-order chi connectivity index (χ1) is 11.5. The third-order valence-corrected chi connectivity index (χ3v) is 4.55. The largest absolute Gasteiger partial charge is 0.350 e. The van der Waals surface area contributed by atoms with Crippen LogP contribution >= 0.6 is 0 Å². The Morgan fingerprint density at radius 2 is 1.96 bits per heavy atom. The Kier molecular flexibility index (Phi) is 4.42. The van der Waals surface area contributed by atoms with Crippen molar-refractivity contribution in [2.24, 2.45) is 5.41 Å². The molecule has 0 atom stereocenters. The molecule has 24 heavy (non-hydrogen) atoms. The zero-order valence-electron chi connectivity index (χ0n) is 12.9. The van der Waals surface area contributed by atoms with E-state index < -0.39 is 23.1 Å². The molecule has 0 aliphatic heterocycles. The number of benzene rings is 1. The first-order valence-corrected chi connectivity index (χ1v) is 7.75. The molecule has 2 N–H and O–H groups in total. The zero-order valence-corrected chi connectivity index (χ0v) is 12.9. The van der Waals surface area contributed by atoms with E-state index in [0.29, 0.717) is 0 Å². The van der Waals surface area contributed by atoms with Crippen molar-refractivity contribution in [2.45, 2.75) is 25.7 Å². The number of halogens is 2. The molecule has 2 aromatic rings. The first-order valence-electron chi connectivity index (χ1n) is 7.75. The summed E-state index contributed by atoms with van der Waals surface area (Å²) in [4.78, 5) is 29.4. The van der Waals surface area contributed by atoms with Crippen molar-refractivity contribution in [1.29, 1.82) is 0 Å². The number of H-pyrrole nitrogens is 1. The molecule has 0 unspecified atom stereocenters. The molecule has 1 aliphatic rings. The van der Waals surface area contributed by atoms with Crippen molar-refractivity contribution in [3.8, 4) is 0 Å². The van der Waals surface area contributed by atoms with E-state index in [1.807, 2.05) is 0 Å². The number of carbonyl (C=O) groups is 1. The number of aromatic amines is 1. The van der Waals surface area contributed by atoms with Crippen LogP contribution in [0.15, 0.2) is 35.4 Å². The highest BCUT2D eigenvalue weighted by atomic mass is 19.1. The Labute approximate surface area is 137 Å². The number of aromatic nitrogens is 2. The Balaban J connectivity index is 1.70. The van der Waals surface area contributed by atoms with E-state index in [-0.39, 0.29) is 29.6 Å².